The van der Waals surface area contributed by atoms with Crippen molar-refractivity contribution < 1.29 is 13.2 Å². The van der Waals surface area contributed by atoms with Gasteiger partial charge in [0.25, 0.3) is 0 Å². The summed E-state index contributed by atoms with van der Waals surface area (Å²) in [5.41, 5.74) is 0.463. The number of rotatable bonds is 3. The van der Waals surface area contributed by atoms with Gasteiger partial charge >= 0.3 is 6.18 Å². The first-order valence-corrected chi connectivity index (χ1v) is 8.87. The van der Waals surface area contributed by atoms with Crippen molar-refractivity contribution in [3.8, 4) is 0 Å². The summed E-state index contributed by atoms with van der Waals surface area (Å²) in [6.45, 7) is 1.94. The lowest BCUT2D eigenvalue weighted by Gasteiger charge is -2.21. The molecule has 0 saturated carbocycles. The average Bonchev–Trinajstić information content (AvgIpc) is 3.25. The molecule has 1 fully saturated rings. The number of alkyl halides is 3. The number of guanidine groups is 1. The molecule has 4 nitrogen and oxygen atoms in total. The van der Waals surface area contributed by atoms with Crippen LogP contribution in [0.2, 0.25) is 0 Å². The van der Waals surface area contributed by atoms with Crippen molar-refractivity contribution in [3.63, 3.8) is 0 Å². The van der Waals surface area contributed by atoms with Crippen LogP contribution in [0.25, 0.3) is 0 Å². The molecule has 2 aromatic rings. The molecule has 0 aliphatic carbocycles. The lowest BCUT2D eigenvalue weighted by molar-refractivity contribution is -0.140. The smallest absolute Gasteiger partial charge is 0.350 e. The van der Waals surface area contributed by atoms with E-state index in [2.05, 4.69) is 32.3 Å². The molecule has 142 valence electrons. The zero-order valence-electron chi connectivity index (χ0n) is 14.2. The summed E-state index contributed by atoms with van der Waals surface area (Å²) in [6.07, 6.45) is -3.37. The van der Waals surface area contributed by atoms with Gasteiger partial charge in [0.2, 0.25) is 0 Å². The predicted molar refractivity (Wildman–Crippen MR) is 108 cm³/mol. The zero-order valence-corrected chi connectivity index (χ0v) is 17.3. The molecule has 2 heterocycles. The van der Waals surface area contributed by atoms with Gasteiger partial charge < -0.3 is 10.2 Å². The van der Waals surface area contributed by atoms with Crippen LogP contribution in [0.5, 0.6) is 0 Å². The maximum Gasteiger partial charge on any atom is 0.434 e. The first-order valence-electron chi connectivity index (χ1n) is 7.99. The Morgan fingerprint density at radius 1 is 1.35 bits per heavy atom. The Bertz CT molecular complexity index is 733. The number of nitrogens with one attached hydrogen (secondary N) is 1. The van der Waals surface area contributed by atoms with Crippen molar-refractivity contribution >= 4 is 41.3 Å². The van der Waals surface area contributed by atoms with E-state index in [1.807, 2.05) is 18.2 Å². The third-order valence-corrected chi connectivity index (χ3v) is 5.06. The van der Waals surface area contributed by atoms with Gasteiger partial charge in [-0.05, 0) is 12.0 Å². The molecule has 26 heavy (non-hydrogen) atoms. The number of hydrogen-bond donors (Lipinski definition) is 1. The summed E-state index contributed by atoms with van der Waals surface area (Å²) >= 11 is 1.00. The Kier molecular flexibility index (Phi) is 7.27. The molecule has 1 aliphatic heterocycles. The van der Waals surface area contributed by atoms with Gasteiger partial charge in [-0.3, -0.25) is 4.99 Å². The second kappa shape index (κ2) is 9.03. The van der Waals surface area contributed by atoms with Crippen LogP contribution in [0, 0.1) is 0 Å². The minimum absolute atomic E-state index is 0. The van der Waals surface area contributed by atoms with E-state index in [1.54, 1.807) is 7.05 Å². The second-order valence-corrected chi connectivity index (χ2v) is 6.81. The number of benzene rings is 1. The Labute approximate surface area is 171 Å². The Hall–Kier alpha value is -1.36. The summed E-state index contributed by atoms with van der Waals surface area (Å²) in [5.74, 6) is 1.14. The molecule has 1 atom stereocenters. The van der Waals surface area contributed by atoms with Crippen LogP contribution in [-0.2, 0) is 12.7 Å². The van der Waals surface area contributed by atoms with Crippen molar-refractivity contribution in [3.05, 3.63) is 52.0 Å². The van der Waals surface area contributed by atoms with Gasteiger partial charge in [-0.2, -0.15) is 13.2 Å². The number of thiazole rings is 1. The van der Waals surface area contributed by atoms with E-state index < -0.39 is 11.9 Å². The van der Waals surface area contributed by atoms with Crippen molar-refractivity contribution in [2.24, 2.45) is 4.99 Å². The number of halogens is 4. The molecule has 1 aliphatic rings. The first-order chi connectivity index (χ1) is 12.0. The molecular formula is C17H20F3IN4S. The molecule has 1 N–H and O–H groups in total. The normalized spacial score (nSPS) is 17.9. The molecule has 0 radical (unpaired) electrons. The van der Waals surface area contributed by atoms with Gasteiger partial charge in [-0.1, -0.05) is 30.3 Å². The Morgan fingerprint density at radius 2 is 2.08 bits per heavy atom. The quantitative estimate of drug-likeness (QED) is 0.391. The Morgan fingerprint density at radius 3 is 2.69 bits per heavy atom. The molecule has 1 aromatic carbocycles. The van der Waals surface area contributed by atoms with Crippen LogP contribution in [-0.4, -0.2) is 36.0 Å². The zero-order chi connectivity index (χ0) is 17.9. The predicted octanol–water partition coefficient (Wildman–Crippen LogP) is 4.34. The highest BCUT2D eigenvalue weighted by atomic mass is 127. The monoisotopic (exact) mass is 496 g/mol. The third kappa shape index (κ3) is 5.09. The lowest BCUT2D eigenvalue weighted by atomic mass is 9.99. The summed E-state index contributed by atoms with van der Waals surface area (Å²) in [4.78, 5) is 10.0. The molecule has 3 rings (SSSR count). The van der Waals surface area contributed by atoms with E-state index in [4.69, 9.17) is 0 Å². The molecule has 0 amide bonds. The maximum absolute atomic E-state index is 12.6. The molecule has 1 saturated heterocycles. The highest BCUT2D eigenvalue weighted by molar-refractivity contribution is 14.0. The number of aromatic nitrogens is 1. The van der Waals surface area contributed by atoms with Crippen LogP contribution >= 0.6 is 35.3 Å². The second-order valence-electron chi connectivity index (χ2n) is 5.87. The van der Waals surface area contributed by atoms with Crippen molar-refractivity contribution in [2.75, 3.05) is 20.1 Å². The van der Waals surface area contributed by atoms with Gasteiger partial charge in [0.15, 0.2) is 11.7 Å². The lowest BCUT2D eigenvalue weighted by Crippen LogP contribution is -2.39. The van der Waals surface area contributed by atoms with Crippen LogP contribution in [0.1, 0.15) is 28.6 Å². The van der Waals surface area contributed by atoms with Crippen LogP contribution < -0.4 is 5.32 Å². The maximum atomic E-state index is 12.6. The Balaban J connectivity index is 0.00000243. The fourth-order valence-electron chi connectivity index (χ4n) is 2.96. The fraction of sp³-hybridized carbons (Fsp3) is 0.412. The minimum Gasteiger partial charge on any atom is -0.350 e. The highest BCUT2D eigenvalue weighted by Crippen LogP contribution is 2.30. The summed E-state index contributed by atoms with van der Waals surface area (Å²) in [7, 11) is 1.68. The van der Waals surface area contributed by atoms with Gasteiger partial charge in [0.1, 0.15) is 5.01 Å². The number of aliphatic imine (C=N–C) groups is 1. The molecule has 0 spiro atoms. The van der Waals surface area contributed by atoms with Crippen molar-refractivity contribution in [2.45, 2.75) is 25.1 Å². The van der Waals surface area contributed by atoms with E-state index in [0.717, 1.165) is 36.2 Å². The van der Waals surface area contributed by atoms with Crippen LogP contribution in [0.4, 0.5) is 13.2 Å². The average molecular weight is 496 g/mol. The third-order valence-electron chi connectivity index (χ3n) is 4.21. The van der Waals surface area contributed by atoms with Crippen LogP contribution in [0.15, 0.2) is 40.7 Å². The summed E-state index contributed by atoms with van der Waals surface area (Å²) in [5, 5.41) is 4.56. The van der Waals surface area contributed by atoms with E-state index in [1.165, 1.54) is 5.56 Å². The summed E-state index contributed by atoms with van der Waals surface area (Å²) in [6, 6.07) is 10.3. The van der Waals surface area contributed by atoms with E-state index in [9.17, 15) is 13.2 Å². The fourth-order valence-corrected chi connectivity index (χ4v) is 3.70. The number of hydrogen-bond acceptors (Lipinski definition) is 3. The van der Waals surface area contributed by atoms with Gasteiger partial charge in [-0.25, -0.2) is 4.98 Å². The van der Waals surface area contributed by atoms with Crippen molar-refractivity contribution in [1.29, 1.82) is 0 Å². The largest absolute Gasteiger partial charge is 0.434 e. The minimum atomic E-state index is -4.39. The molecule has 1 aromatic heterocycles. The molecular weight excluding hydrogens is 476 g/mol. The molecule has 0 bridgehead atoms. The van der Waals surface area contributed by atoms with E-state index >= 15 is 0 Å². The first kappa shape index (κ1) is 20.9. The number of likely N-dealkylation sites (tertiary alicyclic amines) is 1. The molecule has 9 heteroatoms. The topological polar surface area (TPSA) is 40.5 Å². The van der Waals surface area contributed by atoms with Gasteiger partial charge in [0.05, 0.1) is 6.54 Å². The van der Waals surface area contributed by atoms with Crippen LogP contribution in [0.3, 0.4) is 0 Å². The standard InChI is InChI=1S/C17H19F3N4S.HI/c1-21-16(22-9-15-23-14(11-25-15)17(18,19)20)24-8-7-13(10-24)12-5-3-2-4-6-12;/h2-6,11,13H,7-10H2,1H3,(H,21,22);1H. The van der Waals surface area contributed by atoms with E-state index in [0.29, 0.717) is 16.9 Å². The van der Waals surface area contributed by atoms with E-state index in [-0.39, 0.29) is 30.5 Å². The highest BCUT2D eigenvalue weighted by Gasteiger charge is 2.33. The van der Waals surface area contributed by atoms with Gasteiger partial charge in [-0.15, -0.1) is 35.3 Å². The number of nitrogens with zero attached hydrogens (tertiary/aromatic N) is 3. The summed E-state index contributed by atoms with van der Waals surface area (Å²) < 4.78 is 37.8. The van der Waals surface area contributed by atoms with Crippen molar-refractivity contribution in [1.82, 2.24) is 15.2 Å². The molecule has 1 unspecified atom stereocenters. The van der Waals surface area contributed by atoms with Gasteiger partial charge in [0, 0.05) is 31.4 Å². The SMILES string of the molecule is CN=C(NCc1nc(C(F)(F)F)cs1)N1CCC(c2ccccc2)C1.I.